The lowest BCUT2D eigenvalue weighted by atomic mass is 10.2. The molecular formula is C6H12N. The van der Waals surface area contributed by atoms with E-state index in [1.807, 2.05) is 6.92 Å². The Labute approximate surface area is 44.9 Å². The lowest BCUT2D eigenvalue weighted by Crippen LogP contribution is -2.04. The van der Waals surface area contributed by atoms with Gasteiger partial charge in [0.1, 0.15) is 0 Å². The SMILES string of the molecule is C[C](N)CC1CC1. The smallest absolute Gasteiger partial charge is 0.0308 e. The van der Waals surface area contributed by atoms with Gasteiger partial charge in [-0.15, -0.1) is 0 Å². The summed E-state index contributed by atoms with van der Waals surface area (Å²) in [4.78, 5) is 0. The molecule has 0 amide bonds. The largest absolute Gasteiger partial charge is 0.324 e. The second-order valence-electron chi connectivity index (χ2n) is 2.49. The van der Waals surface area contributed by atoms with Crippen LogP contribution in [-0.4, -0.2) is 0 Å². The zero-order chi connectivity index (χ0) is 5.28. The van der Waals surface area contributed by atoms with Gasteiger partial charge in [-0.1, -0.05) is 12.8 Å². The molecule has 1 aliphatic rings. The molecule has 0 atom stereocenters. The number of rotatable bonds is 2. The Balaban J connectivity index is 1.97. The van der Waals surface area contributed by atoms with Crippen LogP contribution in [0, 0.1) is 12.0 Å². The van der Waals surface area contributed by atoms with Gasteiger partial charge in [-0.05, 0) is 19.3 Å². The summed E-state index contributed by atoms with van der Waals surface area (Å²) in [6.07, 6.45) is 3.99. The van der Waals surface area contributed by atoms with Crippen LogP contribution in [-0.2, 0) is 0 Å². The molecule has 0 aromatic heterocycles. The van der Waals surface area contributed by atoms with Crippen molar-refractivity contribution in [3.05, 3.63) is 6.04 Å². The fraction of sp³-hybridized carbons (Fsp3) is 0.833. The van der Waals surface area contributed by atoms with Crippen molar-refractivity contribution in [1.82, 2.24) is 0 Å². The summed E-state index contributed by atoms with van der Waals surface area (Å²) in [5.41, 5.74) is 5.45. The van der Waals surface area contributed by atoms with Crippen molar-refractivity contribution in [2.75, 3.05) is 0 Å². The lowest BCUT2D eigenvalue weighted by molar-refractivity contribution is 0.726. The minimum absolute atomic E-state index is 0.963. The molecule has 2 N–H and O–H groups in total. The molecule has 0 bridgehead atoms. The van der Waals surface area contributed by atoms with Crippen LogP contribution in [0.1, 0.15) is 26.2 Å². The molecule has 41 valence electrons. The Morgan fingerprint density at radius 3 is 2.43 bits per heavy atom. The molecule has 0 saturated heterocycles. The molecule has 1 heteroatoms. The molecule has 1 nitrogen and oxygen atoms in total. The maximum absolute atomic E-state index is 5.45. The molecule has 1 radical (unpaired) electrons. The quantitative estimate of drug-likeness (QED) is 0.553. The van der Waals surface area contributed by atoms with Gasteiger partial charge < -0.3 is 5.73 Å². The topological polar surface area (TPSA) is 26.0 Å². The van der Waals surface area contributed by atoms with Gasteiger partial charge in [-0.3, -0.25) is 0 Å². The Hall–Kier alpha value is -0.0400. The molecule has 1 fully saturated rings. The summed E-state index contributed by atoms with van der Waals surface area (Å²) in [5.74, 6) is 0.963. The van der Waals surface area contributed by atoms with E-state index in [9.17, 15) is 0 Å². The van der Waals surface area contributed by atoms with Gasteiger partial charge in [-0.25, -0.2) is 0 Å². The molecule has 0 unspecified atom stereocenters. The van der Waals surface area contributed by atoms with Crippen LogP contribution >= 0.6 is 0 Å². The average molecular weight is 98.2 g/mol. The maximum Gasteiger partial charge on any atom is 0.0308 e. The highest BCUT2D eigenvalue weighted by Gasteiger charge is 2.21. The van der Waals surface area contributed by atoms with Gasteiger partial charge in [0.2, 0.25) is 0 Å². The van der Waals surface area contributed by atoms with E-state index in [0.29, 0.717) is 0 Å². The van der Waals surface area contributed by atoms with Crippen LogP contribution in [0.4, 0.5) is 0 Å². The summed E-state index contributed by atoms with van der Waals surface area (Å²) >= 11 is 0. The van der Waals surface area contributed by atoms with E-state index in [0.717, 1.165) is 12.0 Å². The minimum Gasteiger partial charge on any atom is -0.324 e. The Morgan fingerprint density at radius 1 is 1.71 bits per heavy atom. The standard InChI is InChI=1S/C6H12N/c1-5(7)4-6-2-3-6/h6H,2-4,7H2,1H3. The van der Waals surface area contributed by atoms with Crippen molar-refractivity contribution >= 4 is 0 Å². The predicted molar refractivity (Wildman–Crippen MR) is 30.4 cm³/mol. The first-order chi connectivity index (χ1) is 3.29. The third-order valence-electron chi connectivity index (χ3n) is 1.31. The van der Waals surface area contributed by atoms with Gasteiger partial charge in [0.15, 0.2) is 0 Å². The summed E-state index contributed by atoms with van der Waals surface area (Å²) in [6, 6.07) is 1.10. The fourth-order valence-corrected chi connectivity index (χ4v) is 0.777. The van der Waals surface area contributed by atoms with E-state index in [2.05, 4.69) is 0 Å². The van der Waals surface area contributed by atoms with Crippen molar-refractivity contribution in [2.24, 2.45) is 11.7 Å². The molecule has 7 heavy (non-hydrogen) atoms. The molecular weight excluding hydrogens is 86.1 g/mol. The van der Waals surface area contributed by atoms with Crippen LogP contribution in [0.5, 0.6) is 0 Å². The molecule has 0 heterocycles. The van der Waals surface area contributed by atoms with E-state index < -0.39 is 0 Å². The lowest BCUT2D eigenvalue weighted by Gasteiger charge is -1.97. The summed E-state index contributed by atoms with van der Waals surface area (Å²) < 4.78 is 0. The first kappa shape index (κ1) is 5.10. The van der Waals surface area contributed by atoms with Crippen molar-refractivity contribution in [1.29, 1.82) is 0 Å². The Bertz CT molecular complexity index is 55.2. The molecule has 0 aromatic rings. The molecule has 1 aliphatic carbocycles. The second-order valence-corrected chi connectivity index (χ2v) is 2.49. The van der Waals surface area contributed by atoms with Gasteiger partial charge >= 0.3 is 0 Å². The first-order valence-electron chi connectivity index (χ1n) is 2.87. The first-order valence-corrected chi connectivity index (χ1v) is 2.87. The van der Waals surface area contributed by atoms with Gasteiger partial charge in [0, 0.05) is 6.04 Å². The average Bonchev–Trinajstić information content (AvgIpc) is 2.17. The highest BCUT2D eigenvalue weighted by molar-refractivity contribution is 4.85. The number of hydrogen-bond acceptors (Lipinski definition) is 1. The van der Waals surface area contributed by atoms with E-state index in [1.165, 1.54) is 19.3 Å². The third-order valence-corrected chi connectivity index (χ3v) is 1.31. The van der Waals surface area contributed by atoms with Crippen LogP contribution in [0.2, 0.25) is 0 Å². The van der Waals surface area contributed by atoms with Crippen molar-refractivity contribution in [3.8, 4) is 0 Å². The van der Waals surface area contributed by atoms with Crippen molar-refractivity contribution in [3.63, 3.8) is 0 Å². The number of nitrogens with two attached hydrogens (primary N) is 1. The van der Waals surface area contributed by atoms with Gasteiger partial charge in [-0.2, -0.15) is 0 Å². The fourth-order valence-electron chi connectivity index (χ4n) is 0.777. The van der Waals surface area contributed by atoms with E-state index in [4.69, 9.17) is 5.73 Å². The Morgan fingerprint density at radius 2 is 2.29 bits per heavy atom. The molecule has 0 aliphatic heterocycles. The molecule has 1 rings (SSSR count). The minimum atomic E-state index is 0.963. The van der Waals surface area contributed by atoms with E-state index in [1.54, 1.807) is 0 Å². The van der Waals surface area contributed by atoms with Crippen LogP contribution in [0.25, 0.3) is 0 Å². The van der Waals surface area contributed by atoms with Gasteiger partial charge in [0.25, 0.3) is 0 Å². The van der Waals surface area contributed by atoms with E-state index >= 15 is 0 Å². The summed E-state index contributed by atoms with van der Waals surface area (Å²) in [7, 11) is 0. The zero-order valence-corrected chi connectivity index (χ0v) is 4.78. The summed E-state index contributed by atoms with van der Waals surface area (Å²) in [6.45, 7) is 2.00. The maximum atomic E-state index is 5.45. The van der Waals surface area contributed by atoms with Crippen LogP contribution in [0.15, 0.2) is 0 Å². The third kappa shape index (κ3) is 1.93. The molecule has 0 aromatic carbocycles. The normalized spacial score (nSPS) is 21.0. The molecule has 1 saturated carbocycles. The zero-order valence-electron chi connectivity index (χ0n) is 4.78. The van der Waals surface area contributed by atoms with Crippen LogP contribution < -0.4 is 5.73 Å². The van der Waals surface area contributed by atoms with Gasteiger partial charge in [0.05, 0.1) is 0 Å². The molecule has 0 spiro atoms. The second kappa shape index (κ2) is 1.83. The van der Waals surface area contributed by atoms with Crippen molar-refractivity contribution < 1.29 is 0 Å². The highest BCUT2D eigenvalue weighted by atomic mass is 14.6. The van der Waals surface area contributed by atoms with E-state index in [-0.39, 0.29) is 0 Å². The van der Waals surface area contributed by atoms with Crippen molar-refractivity contribution in [2.45, 2.75) is 26.2 Å². The summed E-state index contributed by atoms with van der Waals surface area (Å²) in [5, 5.41) is 0. The highest BCUT2D eigenvalue weighted by Crippen LogP contribution is 2.34. The monoisotopic (exact) mass is 98.1 g/mol. The Kier molecular flexibility index (Phi) is 1.33. The van der Waals surface area contributed by atoms with Crippen LogP contribution in [0.3, 0.4) is 0 Å². The number of hydrogen-bond donors (Lipinski definition) is 1. The predicted octanol–water partition coefficient (Wildman–Crippen LogP) is 1.30.